The van der Waals surface area contributed by atoms with E-state index in [9.17, 15) is 43.1 Å². The molecule has 5 rings (SSSR count). The van der Waals surface area contributed by atoms with Gasteiger partial charge in [0.05, 0.1) is 29.7 Å². The Morgan fingerprint density at radius 2 is 1.20 bits per heavy atom. The highest BCUT2D eigenvalue weighted by Gasteiger charge is 2.25. The van der Waals surface area contributed by atoms with E-state index < -0.39 is 65.4 Å². The van der Waals surface area contributed by atoms with E-state index >= 15 is 0 Å². The van der Waals surface area contributed by atoms with Crippen molar-refractivity contribution in [2.75, 3.05) is 5.32 Å². The van der Waals surface area contributed by atoms with Gasteiger partial charge in [0.2, 0.25) is 5.91 Å². The molecule has 0 heterocycles. The summed E-state index contributed by atoms with van der Waals surface area (Å²) in [7, 11) is 0. The van der Waals surface area contributed by atoms with Crippen molar-refractivity contribution >= 4 is 46.7 Å². The van der Waals surface area contributed by atoms with E-state index in [1.54, 1.807) is 26.0 Å². The number of hydrogen-bond donors (Lipinski definition) is 5. The number of ether oxygens (including phenoxy) is 1. The molecule has 0 aliphatic carbocycles. The Morgan fingerprint density at radius 3 is 1.78 bits per heavy atom. The van der Waals surface area contributed by atoms with Gasteiger partial charge in [0.25, 0.3) is 11.8 Å². The van der Waals surface area contributed by atoms with Gasteiger partial charge in [0.1, 0.15) is 5.82 Å². The molecule has 6 N–H and O–H groups in total. The van der Waals surface area contributed by atoms with Gasteiger partial charge in [-0.15, -0.1) is 0 Å². The molecule has 0 saturated heterocycles. The minimum atomic E-state index is -1.27. The van der Waals surface area contributed by atoms with Crippen molar-refractivity contribution in [3.05, 3.63) is 160 Å². The number of Topliss-reactive ketones (excluding diaryl/α,β-unsaturated/α-hetero) is 3. The van der Waals surface area contributed by atoms with E-state index in [0.29, 0.717) is 22.4 Å². The lowest BCUT2D eigenvalue weighted by Gasteiger charge is -2.18. The Balaban J connectivity index is 1.22. The number of carboxylic acid groups (broad SMARTS) is 1. The van der Waals surface area contributed by atoms with Gasteiger partial charge in [-0.2, -0.15) is 0 Å². The lowest BCUT2D eigenvalue weighted by Crippen LogP contribution is -2.44. The number of benzene rings is 5. The lowest BCUT2D eigenvalue weighted by atomic mass is 9.95. The number of primary amides is 1. The fourth-order valence-corrected chi connectivity index (χ4v) is 6.00. The molecule has 0 aliphatic heterocycles. The van der Waals surface area contributed by atoms with Crippen molar-refractivity contribution in [1.82, 2.24) is 5.32 Å². The van der Waals surface area contributed by atoms with Gasteiger partial charge in [0, 0.05) is 47.2 Å². The van der Waals surface area contributed by atoms with E-state index in [-0.39, 0.29) is 58.6 Å². The number of halogens is 1. The van der Waals surface area contributed by atoms with Gasteiger partial charge < -0.3 is 31.3 Å². The molecule has 13 nitrogen and oxygen atoms in total. The number of aromatic hydroxyl groups is 1. The first-order chi connectivity index (χ1) is 28.1. The maximum absolute atomic E-state index is 13.4. The third-order valence-corrected chi connectivity index (χ3v) is 9.05. The molecule has 0 aromatic heterocycles. The van der Waals surface area contributed by atoms with Gasteiger partial charge in [-0.3, -0.25) is 28.8 Å². The maximum Gasteiger partial charge on any atom is 0.335 e. The quantitative estimate of drug-likeness (QED) is 0.0660. The Kier molecular flexibility index (Phi) is 13.8. The Morgan fingerprint density at radius 1 is 0.661 bits per heavy atom. The van der Waals surface area contributed by atoms with Crippen LogP contribution in [0.15, 0.2) is 109 Å². The van der Waals surface area contributed by atoms with Crippen LogP contribution in [0.2, 0.25) is 0 Å². The van der Waals surface area contributed by atoms with Crippen LogP contribution >= 0.6 is 0 Å². The third-order valence-electron chi connectivity index (χ3n) is 9.05. The molecular weight excluding hydrogens is 762 g/mol. The summed E-state index contributed by atoms with van der Waals surface area (Å²) >= 11 is 0. The van der Waals surface area contributed by atoms with Crippen LogP contribution in [0.4, 0.5) is 10.1 Å². The largest absolute Gasteiger partial charge is 0.504 e. The minimum Gasteiger partial charge on any atom is -0.504 e. The van der Waals surface area contributed by atoms with Crippen LogP contribution in [-0.4, -0.2) is 63.4 Å². The summed E-state index contributed by atoms with van der Waals surface area (Å²) in [5, 5.41) is 25.5. The van der Waals surface area contributed by atoms with E-state index in [0.717, 1.165) is 12.1 Å². The summed E-state index contributed by atoms with van der Waals surface area (Å²) in [5.41, 5.74) is 7.79. The number of anilines is 1. The summed E-state index contributed by atoms with van der Waals surface area (Å²) in [5.74, 6) is -5.32. The summed E-state index contributed by atoms with van der Waals surface area (Å²) in [6.45, 7) is 3.45. The summed E-state index contributed by atoms with van der Waals surface area (Å²) in [6, 6.07) is 24.3. The highest BCUT2D eigenvalue weighted by atomic mass is 19.1. The number of nitrogens with one attached hydrogen (secondary N) is 2. The first-order valence-corrected chi connectivity index (χ1v) is 18.4. The fourth-order valence-electron chi connectivity index (χ4n) is 6.00. The number of phenolic OH excluding ortho intramolecular Hbond substituents is 1. The van der Waals surface area contributed by atoms with Crippen LogP contribution in [0.1, 0.15) is 88.7 Å². The molecule has 1 atom stereocenters. The molecule has 0 radical (unpaired) electrons. The highest BCUT2D eigenvalue weighted by Crippen LogP contribution is 2.36. The van der Waals surface area contributed by atoms with Crippen LogP contribution in [0.3, 0.4) is 0 Å². The van der Waals surface area contributed by atoms with Crippen molar-refractivity contribution in [1.29, 1.82) is 0 Å². The molecule has 0 bridgehead atoms. The topological polar surface area (TPSA) is 219 Å². The van der Waals surface area contributed by atoms with Gasteiger partial charge >= 0.3 is 5.97 Å². The first kappa shape index (κ1) is 42.7. The van der Waals surface area contributed by atoms with Crippen molar-refractivity contribution in [2.45, 2.75) is 51.7 Å². The second kappa shape index (κ2) is 19.1. The highest BCUT2D eigenvalue weighted by molar-refractivity contribution is 6.05. The normalized spacial score (nSPS) is 11.3. The summed E-state index contributed by atoms with van der Waals surface area (Å²) < 4.78 is 19.1. The number of amides is 3. The second-order valence-electron chi connectivity index (χ2n) is 13.9. The minimum absolute atomic E-state index is 0.0187. The summed E-state index contributed by atoms with van der Waals surface area (Å²) in [4.78, 5) is 88.5. The van der Waals surface area contributed by atoms with Gasteiger partial charge in [0.15, 0.2) is 28.8 Å². The number of carboxylic acids is 1. The number of carbonyl (C=O) groups is 7. The molecule has 0 fully saturated rings. The Labute approximate surface area is 338 Å². The van der Waals surface area contributed by atoms with E-state index in [4.69, 9.17) is 15.6 Å². The number of rotatable bonds is 18. The number of hydrogen-bond acceptors (Lipinski definition) is 9. The zero-order valence-corrected chi connectivity index (χ0v) is 32.0. The summed E-state index contributed by atoms with van der Waals surface area (Å²) in [6.07, 6.45) is -1.41. The zero-order valence-electron chi connectivity index (χ0n) is 32.0. The molecule has 302 valence electrons. The molecule has 5 aromatic carbocycles. The van der Waals surface area contributed by atoms with Crippen LogP contribution < -0.4 is 21.1 Å². The zero-order chi connectivity index (χ0) is 42.8. The average molecular weight is 802 g/mol. The second-order valence-corrected chi connectivity index (χ2v) is 13.9. The number of ketones is 3. The average Bonchev–Trinajstić information content (AvgIpc) is 3.19. The maximum atomic E-state index is 13.4. The first-order valence-electron chi connectivity index (χ1n) is 18.4. The Hall–Kier alpha value is -7.48. The third kappa shape index (κ3) is 11.5. The molecule has 0 spiro atoms. The molecule has 14 heteroatoms. The number of nitrogens with two attached hydrogens (primary N) is 1. The van der Waals surface area contributed by atoms with Crippen molar-refractivity contribution < 1.29 is 52.9 Å². The molecule has 0 aliphatic rings. The predicted molar refractivity (Wildman–Crippen MR) is 214 cm³/mol. The van der Waals surface area contributed by atoms with E-state index in [1.807, 2.05) is 0 Å². The Bertz CT molecular complexity index is 2390. The molecule has 59 heavy (non-hydrogen) atoms. The molecule has 3 amide bonds. The number of phenols is 1. The molecular formula is C45H40FN3O10. The van der Waals surface area contributed by atoms with Crippen LogP contribution in [0, 0.1) is 5.82 Å². The predicted octanol–water partition coefficient (Wildman–Crippen LogP) is 5.91. The van der Waals surface area contributed by atoms with E-state index in [1.165, 1.54) is 84.9 Å². The van der Waals surface area contributed by atoms with Gasteiger partial charge in [-0.1, -0.05) is 42.5 Å². The SMILES string of the molecule is CC(C)Oc1c(CC(=O)c2ccc(CC(=O)[C@H](CC(N)=O)NC(=O)c3ccc(NC(=O)c4ccc(F)cc4)cc3)cc2)ccc(C(=O)Cc2ccc(C(=O)O)cc2)c1O. The lowest BCUT2D eigenvalue weighted by molar-refractivity contribution is -0.125. The molecule has 0 unspecified atom stereocenters. The monoisotopic (exact) mass is 801 g/mol. The number of carbonyl (C=O) groups excluding carboxylic acids is 6. The van der Waals surface area contributed by atoms with Crippen LogP contribution in [0.5, 0.6) is 11.5 Å². The standard InChI is InChI=1S/C45H40FN3O10/c1-25(2)59-42-32(15-20-35(41(42)54)38(51)21-26-5-9-31(10-6-26)45(57)58)23-37(50)28-7-3-27(4-8-28)22-39(52)36(24-40(47)53)49-44(56)30-13-18-34(19-14-30)48-43(55)29-11-16-33(46)17-12-29/h3-20,25,36,54H,21-24H2,1-2H3,(H2,47,53)(H,48,55)(H,49,56)(H,57,58)/t36-/m0/s1. The molecule has 0 saturated carbocycles. The van der Waals surface area contributed by atoms with Gasteiger partial charge in [-0.05, 0) is 91.7 Å². The van der Waals surface area contributed by atoms with Crippen molar-refractivity contribution in [2.24, 2.45) is 5.73 Å². The van der Waals surface area contributed by atoms with Crippen LogP contribution in [0.25, 0.3) is 0 Å². The smallest absolute Gasteiger partial charge is 0.335 e. The number of aromatic carboxylic acids is 1. The van der Waals surface area contributed by atoms with E-state index in [2.05, 4.69) is 10.6 Å². The van der Waals surface area contributed by atoms with Crippen molar-refractivity contribution in [3.63, 3.8) is 0 Å². The molecule has 5 aromatic rings. The van der Waals surface area contributed by atoms with Crippen molar-refractivity contribution in [3.8, 4) is 11.5 Å². The van der Waals surface area contributed by atoms with Crippen LogP contribution in [-0.2, 0) is 28.9 Å². The van der Waals surface area contributed by atoms with Gasteiger partial charge in [-0.25, -0.2) is 9.18 Å². The fraction of sp³-hybridized carbons (Fsp3) is 0.178.